The summed E-state index contributed by atoms with van der Waals surface area (Å²) >= 11 is 0. The smallest absolute Gasteiger partial charge is 0.151 e. The van der Waals surface area contributed by atoms with Crippen LogP contribution in [-0.2, 0) is 9.84 Å². The second kappa shape index (κ2) is 6.34. The average molecular weight is 269 g/mol. The molecule has 0 saturated carbocycles. The molecule has 0 amide bonds. The van der Waals surface area contributed by atoms with E-state index in [1.165, 1.54) is 6.26 Å². The van der Waals surface area contributed by atoms with Gasteiger partial charge in [-0.05, 0) is 37.9 Å². The molecule has 0 fully saturated rings. The summed E-state index contributed by atoms with van der Waals surface area (Å²) in [6, 6.07) is 7.81. The molecule has 0 aromatic heterocycles. The Bertz CT molecular complexity index is 482. The lowest BCUT2D eigenvalue weighted by Gasteiger charge is -2.25. The highest BCUT2D eigenvalue weighted by Crippen LogP contribution is 2.24. The fourth-order valence-electron chi connectivity index (χ4n) is 2.01. The van der Waals surface area contributed by atoms with E-state index < -0.39 is 15.1 Å². The van der Waals surface area contributed by atoms with Crippen LogP contribution in [0.15, 0.2) is 24.3 Å². The zero-order chi connectivity index (χ0) is 13.8. The van der Waals surface area contributed by atoms with Crippen LogP contribution in [0.5, 0.6) is 0 Å². The molecule has 0 spiro atoms. The lowest BCUT2D eigenvalue weighted by molar-refractivity contribution is 0.499. The third kappa shape index (κ3) is 3.82. The fraction of sp³-hybridized carbons (Fsp3) is 0.571. The number of nitrogens with one attached hydrogen (secondary N) is 1. The number of benzene rings is 1. The quantitative estimate of drug-likeness (QED) is 0.863. The number of hydrogen-bond donors (Lipinski definition) is 1. The molecule has 0 saturated heterocycles. The van der Waals surface area contributed by atoms with Crippen molar-refractivity contribution >= 4 is 9.84 Å². The Morgan fingerprint density at radius 2 is 1.89 bits per heavy atom. The van der Waals surface area contributed by atoms with Crippen LogP contribution in [0.4, 0.5) is 0 Å². The summed E-state index contributed by atoms with van der Waals surface area (Å²) in [6.07, 6.45) is 2.29. The third-order valence-corrected chi connectivity index (χ3v) is 4.91. The molecule has 1 N–H and O–H groups in total. The molecular weight excluding hydrogens is 246 g/mol. The van der Waals surface area contributed by atoms with Gasteiger partial charge in [0.15, 0.2) is 9.84 Å². The Hall–Kier alpha value is -0.870. The zero-order valence-electron chi connectivity index (χ0n) is 11.6. The van der Waals surface area contributed by atoms with E-state index in [2.05, 4.69) is 12.2 Å². The van der Waals surface area contributed by atoms with Crippen LogP contribution in [0.25, 0.3) is 0 Å². The first-order valence-electron chi connectivity index (χ1n) is 6.35. The SMILES string of the molecule is CCCNC(c1ccccc1C)C(C)S(C)(=O)=O. The van der Waals surface area contributed by atoms with Crippen LogP contribution in [-0.4, -0.2) is 26.5 Å². The first-order valence-corrected chi connectivity index (χ1v) is 8.31. The molecule has 0 radical (unpaired) electrons. The minimum absolute atomic E-state index is 0.138. The van der Waals surface area contributed by atoms with Crippen LogP contribution in [0, 0.1) is 6.92 Å². The molecule has 1 aromatic carbocycles. The van der Waals surface area contributed by atoms with Crippen LogP contribution in [0.2, 0.25) is 0 Å². The molecule has 4 heteroatoms. The minimum Gasteiger partial charge on any atom is -0.309 e. The zero-order valence-corrected chi connectivity index (χ0v) is 12.4. The van der Waals surface area contributed by atoms with Crippen molar-refractivity contribution in [3.05, 3.63) is 35.4 Å². The lowest BCUT2D eigenvalue weighted by Crippen LogP contribution is -2.35. The summed E-state index contributed by atoms with van der Waals surface area (Å²) in [5.74, 6) is 0. The van der Waals surface area contributed by atoms with E-state index in [0.29, 0.717) is 0 Å². The van der Waals surface area contributed by atoms with Crippen LogP contribution in [0.1, 0.15) is 37.4 Å². The fourth-order valence-corrected chi connectivity index (χ4v) is 2.75. The Balaban J connectivity index is 3.10. The molecule has 0 bridgehead atoms. The molecular formula is C14H23NO2S. The van der Waals surface area contributed by atoms with Gasteiger partial charge in [0, 0.05) is 12.3 Å². The standard InChI is InChI=1S/C14H23NO2S/c1-5-10-15-14(12(3)18(4,16)17)13-9-7-6-8-11(13)2/h6-9,12,14-15H,5,10H2,1-4H3. The van der Waals surface area contributed by atoms with Gasteiger partial charge in [-0.25, -0.2) is 8.42 Å². The molecule has 102 valence electrons. The summed E-state index contributed by atoms with van der Waals surface area (Å²) in [6.45, 7) is 6.69. The second-order valence-electron chi connectivity index (χ2n) is 4.82. The molecule has 0 aliphatic rings. The summed E-state index contributed by atoms with van der Waals surface area (Å²) in [5.41, 5.74) is 2.20. The van der Waals surface area contributed by atoms with Crippen molar-refractivity contribution in [2.45, 2.75) is 38.5 Å². The molecule has 18 heavy (non-hydrogen) atoms. The molecule has 2 unspecified atom stereocenters. The van der Waals surface area contributed by atoms with Gasteiger partial charge in [0.1, 0.15) is 0 Å². The summed E-state index contributed by atoms with van der Waals surface area (Å²) in [7, 11) is -3.06. The van der Waals surface area contributed by atoms with Gasteiger partial charge in [-0.2, -0.15) is 0 Å². The Morgan fingerprint density at radius 1 is 1.28 bits per heavy atom. The Kier molecular flexibility index (Phi) is 5.35. The Morgan fingerprint density at radius 3 is 2.39 bits per heavy atom. The van der Waals surface area contributed by atoms with Gasteiger partial charge in [-0.1, -0.05) is 31.2 Å². The van der Waals surface area contributed by atoms with Crippen molar-refractivity contribution in [1.82, 2.24) is 5.32 Å². The van der Waals surface area contributed by atoms with Gasteiger partial charge in [-0.15, -0.1) is 0 Å². The second-order valence-corrected chi connectivity index (χ2v) is 7.23. The molecule has 1 aromatic rings. The van der Waals surface area contributed by atoms with Gasteiger partial charge in [-0.3, -0.25) is 0 Å². The van der Waals surface area contributed by atoms with Crippen molar-refractivity contribution in [3.8, 4) is 0 Å². The lowest BCUT2D eigenvalue weighted by atomic mass is 9.99. The highest BCUT2D eigenvalue weighted by molar-refractivity contribution is 7.91. The van der Waals surface area contributed by atoms with E-state index in [-0.39, 0.29) is 6.04 Å². The Labute approximate surface area is 111 Å². The number of sulfone groups is 1. The minimum atomic E-state index is -3.06. The van der Waals surface area contributed by atoms with Crippen LogP contribution < -0.4 is 5.32 Å². The van der Waals surface area contributed by atoms with Gasteiger partial charge in [0.2, 0.25) is 0 Å². The highest BCUT2D eigenvalue weighted by Gasteiger charge is 2.27. The highest BCUT2D eigenvalue weighted by atomic mass is 32.2. The van der Waals surface area contributed by atoms with Crippen molar-refractivity contribution in [2.24, 2.45) is 0 Å². The topological polar surface area (TPSA) is 46.2 Å². The monoisotopic (exact) mass is 269 g/mol. The van der Waals surface area contributed by atoms with E-state index in [0.717, 1.165) is 24.1 Å². The van der Waals surface area contributed by atoms with Gasteiger partial charge >= 0.3 is 0 Å². The molecule has 0 aliphatic carbocycles. The van der Waals surface area contributed by atoms with Gasteiger partial charge < -0.3 is 5.32 Å². The van der Waals surface area contributed by atoms with E-state index in [1.807, 2.05) is 31.2 Å². The van der Waals surface area contributed by atoms with Crippen LogP contribution >= 0.6 is 0 Å². The van der Waals surface area contributed by atoms with Crippen molar-refractivity contribution < 1.29 is 8.42 Å². The maximum atomic E-state index is 11.8. The normalized spacial score (nSPS) is 15.3. The van der Waals surface area contributed by atoms with Crippen molar-refractivity contribution in [2.75, 3.05) is 12.8 Å². The predicted molar refractivity (Wildman–Crippen MR) is 76.5 cm³/mol. The molecule has 2 atom stereocenters. The molecule has 1 rings (SSSR count). The van der Waals surface area contributed by atoms with Crippen LogP contribution in [0.3, 0.4) is 0 Å². The molecule has 0 aliphatic heterocycles. The van der Waals surface area contributed by atoms with E-state index in [4.69, 9.17) is 0 Å². The first kappa shape index (κ1) is 15.2. The summed E-state index contributed by atoms with van der Waals surface area (Å²) in [4.78, 5) is 0. The third-order valence-electron chi connectivity index (χ3n) is 3.28. The van der Waals surface area contributed by atoms with Crippen molar-refractivity contribution in [1.29, 1.82) is 0 Å². The van der Waals surface area contributed by atoms with E-state index in [1.54, 1.807) is 6.92 Å². The summed E-state index contributed by atoms with van der Waals surface area (Å²) in [5, 5.41) is 2.93. The maximum Gasteiger partial charge on any atom is 0.151 e. The number of rotatable bonds is 6. The van der Waals surface area contributed by atoms with Gasteiger partial charge in [0.25, 0.3) is 0 Å². The average Bonchev–Trinajstić information content (AvgIpc) is 2.30. The molecule has 3 nitrogen and oxygen atoms in total. The van der Waals surface area contributed by atoms with Gasteiger partial charge in [0.05, 0.1) is 5.25 Å². The van der Waals surface area contributed by atoms with Crippen molar-refractivity contribution in [3.63, 3.8) is 0 Å². The number of aryl methyl sites for hydroxylation is 1. The van der Waals surface area contributed by atoms with E-state index in [9.17, 15) is 8.42 Å². The molecule has 0 heterocycles. The predicted octanol–water partition coefficient (Wildman–Crippen LogP) is 2.47. The maximum absolute atomic E-state index is 11.8. The van der Waals surface area contributed by atoms with E-state index >= 15 is 0 Å². The summed E-state index contributed by atoms with van der Waals surface area (Å²) < 4.78 is 23.6. The number of hydrogen-bond acceptors (Lipinski definition) is 3. The largest absolute Gasteiger partial charge is 0.309 e. The first-order chi connectivity index (χ1) is 8.38.